The zero-order chi connectivity index (χ0) is 14.1. The first-order valence-electron chi connectivity index (χ1n) is 6.82. The molecule has 0 aliphatic carbocycles. The second kappa shape index (κ2) is 8.73. The van der Waals surface area contributed by atoms with Crippen LogP contribution >= 0.6 is 0 Å². The molecule has 2 N–H and O–H groups in total. The topological polar surface area (TPSA) is 41.5 Å². The molecule has 0 bridgehead atoms. The van der Waals surface area contributed by atoms with Crippen LogP contribution in [0.2, 0.25) is 0 Å². The maximum absolute atomic E-state index is 9.01. The van der Waals surface area contributed by atoms with Gasteiger partial charge in [-0.05, 0) is 18.4 Å². The molecule has 19 heavy (non-hydrogen) atoms. The number of rotatable bonds is 8. The van der Waals surface area contributed by atoms with E-state index >= 15 is 0 Å². The number of aliphatic hydroxyl groups is 1. The van der Waals surface area contributed by atoms with Crippen LogP contribution in [0.1, 0.15) is 25.8 Å². The molecule has 0 aliphatic heterocycles. The lowest BCUT2D eigenvalue weighted by Crippen LogP contribution is -2.34. The van der Waals surface area contributed by atoms with E-state index in [0.717, 1.165) is 24.3 Å². The Kier molecular flexibility index (Phi) is 7.23. The summed E-state index contributed by atoms with van der Waals surface area (Å²) in [6.45, 7) is 5.35. The lowest BCUT2D eigenvalue weighted by molar-refractivity contribution is 0.247. The maximum atomic E-state index is 9.01. The molecule has 1 unspecified atom stereocenters. The zero-order valence-corrected chi connectivity index (χ0v) is 12.1. The summed E-state index contributed by atoms with van der Waals surface area (Å²) in [4.78, 5) is 0. The molecule has 0 spiro atoms. The quantitative estimate of drug-likeness (QED) is 0.757. The molecule has 0 fully saturated rings. The van der Waals surface area contributed by atoms with Crippen LogP contribution in [-0.2, 0) is 0 Å². The normalized spacial score (nSPS) is 13.1. The van der Waals surface area contributed by atoms with Gasteiger partial charge >= 0.3 is 0 Å². The van der Waals surface area contributed by atoms with Gasteiger partial charge in [-0.25, -0.2) is 0 Å². The van der Waals surface area contributed by atoms with Crippen LogP contribution in [0.25, 0.3) is 6.08 Å². The van der Waals surface area contributed by atoms with Crippen molar-refractivity contribution in [3.05, 3.63) is 35.9 Å². The number of nitrogens with one attached hydrogen (secondary N) is 1. The SMILES string of the molecule is COc1ccccc1C=CCNC(CCO)C(C)C. The van der Waals surface area contributed by atoms with Crippen molar-refractivity contribution in [2.45, 2.75) is 26.3 Å². The Morgan fingerprint density at radius 2 is 2.05 bits per heavy atom. The van der Waals surface area contributed by atoms with E-state index in [1.54, 1.807) is 7.11 Å². The van der Waals surface area contributed by atoms with Crippen molar-refractivity contribution in [2.75, 3.05) is 20.3 Å². The molecular weight excluding hydrogens is 238 g/mol. The van der Waals surface area contributed by atoms with Crippen LogP contribution < -0.4 is 10.1 Å². The molecule has 1 atom stereocenters. The lowest BCUT2D eigenvalue weighted by Gasteiger charge is -2.20. The van der Waals surface area contributed by atoms with Crippen molar-refractivity contribution < 1.29 is 9.84 Å². The van der Waals surface area contributed by atoms with Gasteiger partial charge in [-0.3, -0.25) is 0 Å². The molecule has 0 aromatic heterocycles. The van der Waals surface area contributed by atoms with Crippen LogP contribution in [-0.4, -0.2) is 31.4 Å². The van der Waals surface area contributed by atoms with Crippen LogP contribution in [0.15, 0.2) is 30.3 Å². The average molecular weight is 263 g/mol. The second-order valence-electron chi connectivity index (χ2n) is 4.92. The number of methoxy groups -OCH3 is 1. The average Bonchev–Trinajstić information content (AvgIpc) is 2.42. The maximum Gasteiger partial charge on any atom is 0.126 e. The van der Waals surface area contributed by atoms with E-state index in [9.17, 15) is 0 Å². The van der Waals surface area contributed by atoms with E-state index in [-0.39, 0.29) is 6.61 Å². The Morgan fingerprint density at radius 3 is 2.68 bits per heavy atom. The number of hydrogen-bond acceptors (Lipinski definition) is 3. The first-order chi connectivity index (χ1) is 9.19. The number of hydrogen-bond donors (Lipinski definition) is 2. The molecular formula is C16H25NO2. The van der Waals surface area contributed by atoms with Crippen molar-refractivity contribution in [2.24, 2.45) is 5.92 Å². The minimum atomic E-state index is 0.228. The van der Waals surface area contributed by atoms with E-state index in [0.29, 0.717) is 12.0 Å². The van der Waals surface area contributed by atoms with Gasteiger partial charge in [0.1, 0.15) is 5.75 Å². The fourth-order valence-electron chi connectivity index (χ4n) is 2.02. The third-order valence-electron chi connectivity index (χ3n) is 3.18. The highest BCUT2D eigenvalue weighted by molar-refractivity contribution is 5.57. The highest BCUT2D eigenvalue weighted by Crippen LogP contribution is 2.18. The number of aliphatic hydroxyl groups excluding tert-OH is 1. The summed E-state index contributed by atoms with van der Waals surface area (Å²) >= 11 is 0. The van der Waals surface area contributed by atoms with Crippen molar-refractivity contribution in [1.82, 2.24) is 5.32 Å². The first-order valence-corrected chi connectivity index (χ1v) is 6.82. The predicted molar refractivity (Wildman–Crippen MR) is 80.4 cm³/mol. The molecule has 0 heterocycles. The third kappa shape index (κ3) is 5.45. The zero-order valence-electron chi connectivity index (χ0n) is 12.1. The Bertz CT molecular complexity index is 388. The molecule has 1 aromatic carbocycles. The minimum Gasteiger partial charge on any atom is -0.496 e. The van der Waals surface area contributed by atoms with Gasteiger partial charge in [0, 0.05) is 24.8 Å². The smallest absolute Gasteiger partial charge is 0.126 e. The molecule has 1 rings (SSSR count). The van der Waals surface area contributed by atoms with Gasteiger partial charge in [0.05, 0.1) is 7.11 Å². The van der Waals surface area contributed by atoms with Crippen LogP contribution in [0.4, 0.5) is 0 Å². The van der Waals surface area contributed by atoms with Crippen LogP contribution in [0.3, 0.4) is 0 Å². The van der Waals surface area contributed by atoms with E-state index in [2.05, 4.69) is 31.3 Å². The Balaban J connectivity index is 2.49. The summed E-state index contributed by atoms with van der Waals surface area (Å²) in [5, 5.41) is 12.5. The summed E-state index contributed by atoms with van der Waals surface area (Å²) in [5.74, 6) is 1.40. The van der Waals surface area contributed by atoms with Gasteiger partial charge in [-0.15, -0.1) is 0 Å². The number of benzene rings is 1. The molecule has 3 heteroatoms. The summed E-state index contributed by atoms with van der Waals surface area (Å²) in [7, 11) is 1.68. The second-order valence-corrected chi connectivity index (χ2v) is 4.92. The van der Waals surface area contributed by atoms with Crippen molar-refractivity contribution >= 4 is 6.08 Å². The van der Waals surface area contributed by atoms with E-state index < -0.39 is 0 Å². The largest absolute Gasteiger partial charge is 0.496 e. The van der Waals surface area contributed by atoms with E-state index in [4.69, 9.17) is 9.84 Å². The van der Waals surface area contributed by atoms with Gasteiger partial charge in [0.15, 0.2) is 0 Å². The van der Waals surface area contributed by atoms with Gasteiger partial charge < -0.3 is 15.2 Å². The third-order valence-corrected chi connectivity index (χ3v) is 3.18. The monoisotopic (exact) mass is 263 g/mol. The minimum absolute atomic E-state index is 0.228. The van der Waals surface area contributed by atoms with Gasteiger partial charge in [-0.2, -0.15) is 0 Å². The van der Waals surface area contributed by atoms with Gasteiger partial charge in [0.25, 0.3) is 0 Å². The van der Waals surface area contributed by atoms with E-state index in [1.165, 1.54) is 0 Å². The number of ether oxygens (including phenoxy) is 1. The molecule has 0 saturated heterocycles. The van der Waals surface area contributed by atoms with Gasteiger partial charge in [0.2, 0.25) is 0 Å². The highest BCUT2D eigenvalue weighted by Gasteiger charge is 2.10. The summed E-state index contributed by atoms with van der Waals surface area (Å²) in [6, 6.07) is 8.30. The molecule has 106 valence electrons. The summed E-state index contributed by atoms with van der Waals surface area (Å²) in [6.07, 6.45) is 4.94. The number of para-hydroxylation sites is 1. The lowest BCUT2D eigenvalue weighted by atomic mass is 10.0. The molecule has 0 aliphatic rings. The van der Waals surface area contributed by atoms with Crippen LogP contribution in [0.5, 0.6) is 5.75 Å². The van der Waals surface area contributed by atoms with Crippen molar-refractivity contribution in [1.29, 1.82) is 0 Å². The van der Waals surface area contributed by atoms with Crippen LogP contribution in [0, 0.1) is 5.92 Å². The molecule has 0 saturated carbocycles. The fraction of sp³-hybridized carbons (Fsp3) is 0.500. The predicted octanol–water partition coefficient (Wildman–Crippen LogP) is 2.71. The van der Waals surface area contributed by atoms with Crippen molar-refractivity contribution in [3.63, 3.8) is 0 Å². The molecule has 0 amide bonds. The summed E-state index contributed by atoms with van der Waals surface area (Å²) < 4.78 is 5.30. The Morgan fingerprint density at radius 1 is 1.32 bits per heavy atom. The standard InChI is InChI=1S/C16H25NO2/c1-13(2)15(10-12-18)17-11-6-8-14-7-4-5-9-16(14)19-3/h4-9,13,15,17-18H,10-12H2,1-3H3. The Hall–Kier alpha value is -1.32. The molecule has 3 nitrogen and oxygen atoms in total. The molecule has 1 aromatic rings. The summed E-state index contributed by atoms with van der Waals surface area (Å²) in [5.41, 5.74) is 1.08. The highest BCUT2D eigenvalue weighted by atomic mass is 16.5. The fourth-order valence-corrected chi connectivity index (χ4v) is 2.02. The van der Waals surface area contributed by atoms with E-state index in [1.807, 2.05) is 24.3 Å². The molecule has 0 radical (unpaired) electrons. The Labute approximate surface area is 116 Å². The van der Waals surface area contributed by atoms with Crippen molar-refractivity contribution in [3.8, 4) is 5.75 Å². The first kappa shape index (κ1) is 15.7. The van der Waals surface area contributed by atoms with Gasteiger partial charge in [-0.1, -0.05) is 44.2 Å².